The summed E-state index contributed by atoms with van der Waals surface area (Å²) in [5, 5.41) is 10.0. The first-order valence-electron chi connectivity index (χ1n) is 9.93. The van der Waals surface area contributed by atoms with Crippen LogP contribution in [0.3, 0.4) is 0 Å². The number of ether oxygens (including phenoxy) is 1. The number of H-pyrrole nitrogens is 1. The molecule has 0 radical (unpaired) electrons. The molecule has 0 aliphatic rings. The predicted octanol–water partition coefficient (Wildman–Crippen LogP) is 5.13. The highest BCUT2D eigenvalue weighted by molar-refractivity contribution is 7.13. The molecule has 8 nitrogen and oxygen atoms in total. The van der Waals surface area contributed by atoms with Gasteiger partial charge in [-0.05, 0) is 35.6 Å². The van der Waals surface area contributed by atoms with Crippen LogP contribution in [0.4, 0.5) is 5.82 Å². The fourth-order valence-electron chi connectivity index (χ4n) is 2.95. The fourth-order valence-corrected chi connectivity index (χ4v) is 4.09. The molecule has 33 heavy (non-hydrogen) atoms. The molecule has 4 aromatic rings. The van der Waals surface area contributed by atoms with Crippen LogP contribution in [-0.2, 0) is 4.79 Å². The fraction of sp³-hybridized carbons (Fsp3) is 0.182. The smallest absolute Gasteiger partial charge is 0.263 e. The Labute approximate surface area is 203 Å². The molecule has 0 spiro atoms. The molecule has 4 rings (SSSR count). The highest BCUT2D eigenvalue weighted by Gasteiger charge is 2.18. The largest absolute Gasteiger partial charge is 0.482 e. The topological polar surface area (TPSA) is 102 Å². The van der Waals surface area contributed by atoms with Crippen LogP contribution in [-0.4, -0.2) is 32.3 Å². The number of halogens is 2. The standard InChI is InChI=1S/C22H19Cl2N5O3S/c1-12(2)15-10-20(30)27-22(25-15)29-19(9-16(28-29)18-4-3-7-33-18)26-21(31)11-32-17-6-5-13(23)8-14(17)24/h3-10,12H,11H2,1-2H3,(H,26,31)(H,25,27,30). The number of carbonyl (C=O) groups excluding carboxylic acids is 1. The van der Waals surface area contributed by atoms with E-state index in [2.05, 4.69) is 20.4 Å². The Balaban J connectivity index is 1.63. The van der Waals surface area contributed by atoms with Crippen LogP contribution in [0, 0.1) is 0 Å². The summed E-state index contributed by atoms with van der Waals surface area (Å²) in [7, 11) is 0. The van der Waals surface area contributed by atoms with E-state index in [-0.39, 0.29) is 24.0 Å². The summed E-state index contributed by atoms with van der Waals surface area (Å²) in [6.45, 7) is 3.58. The first-order valence-corrected chi connectivity index (χ1v) is 11.6. The zero-order valence-electron chi connectivity index (χ0n) is 17.6. The van der Waals surface area contributed by atoms with Crippen molar-refractivity contribution in [3.05, 3.63) is 73.9 Å². The molecule has 0 aliphatic heterocycles. The maximum absolute atomic E-state index is 12.6. The molecular formula is C22H19Cl2N5O3S. The Morgan fingerprint density at radius 3 is 2.76 bits per heavy atom. The average Bonchev–Trinajstić information content (AvgIpc) is 3.42. The maximum Gasteiger partial charge on any atom is 0.263 e. The van der Waals surface area contributed by atoms with Crippen molar-refractivity contribution in [3.8, 4) is 22.3 Å². The molecule has 0 atom stereocenters. The second-order valence-corrected chi connectivity index (χ2v) is 9.16. The van der Waals surface area contributed by atoms with E-state index in [0.717, 1.165) is 4.88 Å². The van der Waals surface area contributed by atoms with Crippen molar-refractivity contribution in [2.24, 2.45) is 0 Å². The first kappa shape index (κ1) is 23.0. The van der Waals surface area contributed by atoms with Crippen molar-refractivity contribution >= 4 is 46.3 Å². The van der Waals surface area contributed by atoms with Crippen molar-refractivity contribution in [1.29, 1.82) is 0 Å². The minimum absolute atomic E-state index is 0.0361. The number of nitrogens with zero attached hydrogens (tertiary/aromatic N) is 3. The third kappa shape index (κ3) is 5.44. The first-order chi connectivity index (χ1) is 15.8. The van der Waals surface area contributed by atoms with E-state index in [1.165, 1.54) is 28.2 Å². The van der Waals surface area contributed by atoms with E-state index in [4.69, 9.17) is 27.9 Å². The van der Waals surface area contributed by atoms with Gasteiger partial charge in [0.1, 0.15) is 17.3 Å². The molecule has 1 aromatic carbocycles. The van der Waals surface area contributed by atoms with Crippen molar-refractivity contribution in [2.75, 3.05) is 11.9 Å². The van der Waals surface area contributed by atoms with Gasteiger partial charge in [0, 0.05) is 17.2 Å². The third-order valence-corrected chi connectivity index (χ3v) is 5.97. The number of aromatic amines is 1. The molecule has 3 aromatic heterocycles. The summed E-state index contributed by atoms with van der Waals surface area (Å²) in [6, 6.07) is 11.7. The van der Waals surface area contributed by atoms with E-state index in [1.54, 1.807) is 18.2 Å². The molecule has 11 heteroatoms. The molecule has 2 N–H and O–H groups in total. The number of amides is 1. The van der Waals surface area contributed by atoms with Crippen LogP contribution >= 0.6 is 34.5 Å². The summed E-state index contributed by atoms with van der Waals surface area (Å²) < 4.78 is 6.91. The molecule has 3 heterocycles. The zero-order chi connectivity index (χ0) is 23.5. The normalized spacial score (nSPS) is 11.1. The molecule has 0 saturated carbocycles. The molecule has 170 valence electrons. The minimum Gasteiger partial charge on any atom is -0.482 e. The maximum atomic E-state index is 12.6. The van der Waals surface area contributed by atoms with Crippen LogP contribution in [0.25, 0.3) is 16.5 Å². The Hall–Kier alpha value is -3.14. The van der Waals surface area contributed by atoms with Gasteiger partial charge in [0.2, 0.25) is 5.95 Å². The summed E-state index contributed by atoms with van der Waals surface area (Å²) in [6.07, 6.45) is 0. The lowest BCUT2D eigenvalue weighted by Crippen LogP contribution is -2.23. The SMILES string of the molecule is CC(C)c1cc(=O)[nH]c(-n2nc(-c3cccs3)cc2NC(=O)COc2ccc(Cl)cc2Cl)n1. The van der Waals surface area contributed by atoms with Crippen molar-refractivity contribution in [1.82, 2.24) is 19.7 Å². The van der Waals surface area contributed by atoms with E-state index >= 15 is 0 Å². The van der Waals surface area contributed by atoms with E-state index < -0.39 is 5.91 Å². The second-order valence-electron chi connectivity index (χ2n) is 7.36. The van der Waals surface area contributed by atoms with Crippen molar-refractivity contribution in [2.45, 2.75) is 19.8 Å². The van der Waals surface area contributed by atoms with Gasteiger partial charge in [-0.3, -0.25) is 14.6 Å². The quantitative estimate of drug-likeness (QED) is 0.363. The van der Waals surface area contributed by atoms with Gasteiger partial charge in [0.25, 0.3) is 11.5 Å². The van der Waals surface area contributed by atoms with Crippen LogP contribution in [0.1, 0.15) is 25.5 Å². The van der Waals surface area contributed by atoms with Gasteiger partial charge in [-0.2, -0.15) is 9.78 Å². The zero-order valence-corrected chi connectivity index (χ0v) is 20.0. The van der Waals surface area contributed by atoms with E-state index in [9.17, 15) is 9.59 Å². The van der Waals surface area contributed by atoms with Gasteiger partial charge in [0.05, 0.1) is 15.6 Å². The van der Waals surface area contributed by atoms with Gasteiger partial charge >= 0.3 is 0 Å². The van der Waals surface area contributed by atoms with E-state index in [0.29, 0.717) is 33.0 Å². The van der Waals surface area contributed by atoms with Crippen LogP contribution in [0.2, 0.25) is 10.0 Å². The number of anilines is 1. The number of thiophene rings is 1. The number of benzene rings is 1. The molecular weight excluding hydrogens is 485 g/mol. The lowest BCUT2D eigenvalue weighted by atomic mass is 10.1. The number of rotatable bonds is 7. The van der Waals surface area contributed by atoms with Gasteiger partial charge < -0.3 is 10.1 Å². The van der Waals surface area contributed by atoms with Crippen molar-refractivity contribution < 1.29 is 9.53 Å². The van der Waals surface area contributed by atoms with Gasteiger partial charge in [0.15, 0.2) is 6.61 Å². The lowest BCUT2D eigenvalue weighted by Gasteiger charge is -2.11. The Morgan fingerprint density at radius 1 is 1.24 bits per heavy atom. The number of nitrogens with one attached hydrogen (secondary N) is 2. The van der Waals surface area contributed by atoms with Gasteiger partial charge in [-0.1, -0.05) is 43.1 Å². The summed E-state index contributed by atoms with van der Waals surface area (Å²) >= 11 is 13.5. The van der Waals surface area contributed by atoms with Gasteiger partial charge in [-0.15, -0.1) is 11.3 Å². The number of carbonyl (C=O) groups is 1. The third-order valence-electron chi connectivity index (χ3n) is 4.54. The van der Waals surface area contributed by atoms with Crippen molar-refractivity contribution in [3.63, 3.8) is 0 Å². The van der Waals surface area contributed by atoms with Crippen LogP contribution < -0.4 is 15.6 Å². The molecule has 1 amide bonds. The Morgan fingerprint density at radius 2 is 2.06 bits per heavy atom. The number of hydrogen-bond acceptors (Lipinski definition) is 6. The molecule has 0 unspecified atom stereocenters. The number of hydrogen-bond donors (Lipinski definition) is 2. The summed E-state index contributed by atoms with van der Waals surface area (Å²) in [4.78, 5) is 33.0. The highest BCUT2D eigenvalue weighted by atomic mass is 35.5. The monoisotopic (exact) mass is 503 g/mol. The Bertz CT molecular complexity index is 1350. The minimum atomic E-state index is -0.442. The molecule has 0 aliphatic carbocycles. The van der Waals surface area contributed by atoms with Crippen LogP contribution in [0.5, 0.6) is 5.75 Å². The van der Waals surface area contributed by atoms with Crippen LogP contribution in [0.15, 0.2) is 52.6 Å². The molecule has 0 saturated heterocycles. The molecule has 0 fully saturated rings. The second kappa shape index (κ2) is 9.78. The summed E-state index contributed by atoms with van der Waals surface area (Å²) in [5.41, 5.74) is 0.925. The highest BCUT2D eigenvalue weighted by Crippen LogP contribution is 2.29. The lowest BCUT2D eigenvalue weighted by molar-refractivity contribution is -0.118. The predicted molar refractivity (Wildman–Crippen MR) is 130 cm³/mol. The average molecular weight is 504 g/mol. The number of aromatic nitrogens is 4. The Kier molecular flexibility index (Phi) is 6.83. The van der Waals surface area contributed by atoms with Gasteiger partial charge in [-0.25, -0.2) is 4.98 Å². The summed E-state index contributed by atoms with van der Waals surface area (Å²) in [5.74, 6) is 0.458. The van der Waals surface area contributed by atoms with E-state index in [1.807, 2.05) is 31.4 Å². The molecule has 0 bridgehead atoms.